The van der Waals surface area contributed by atoms with Crippen LogP contribution in [0, 0.1) is 18.3 Å². The Kier molecular flexibility index (Phi) is 2.01. The molecule has 1 heteroatoms. The molecule has 0 amide bonds. The fraction of sp³-hybridized carbons (Fsp3) is 0.778. The van der Waals surface area contributed by atoms with Crippen LogP contribution >= 0.6 is 0 Å². The SMILES string of the molecule is C#CCC(C)C[N+]1(C)CC1. The first-order chi connectivity index (χ1) is 4.66. The maximum atomic E-state index is 5.21. The zero-order chi connectivity index (χ0) is 7.61. The van der Waals surface area contributed by atoms with Gasteiger partial charge in [0.05, 0.1) is 13.6 Å². The molecule has 0 aromatic rings. The van der Waals surface area contributed by atoms with E-state index in [0.29, 0.717) is 5.92 Å². The first-order valence-corrected chi connectivity index (χ1v) is 3.93. The van der Waals surface area contributed by atoms with E-state index < -0.39 is 0 Å². The van der Waals surface area contributed by atoms with Gasteiger partial charge in [0.1, 0.15) is 13.1 Å². The molecular weight excluding hydrogens is 122 g/mol. The number of likely N-dealkylation sites (N-methyl/N-ethyl adjacent to an activating group) is 1. The van der Waals surface area contributed by atoms with Crippen LogP contribution in [0.5, 0.6) is 0 Å². The number of rotatable bonds is 3. The monoisotopic (exact) mass is 138 g/mol. The summed E-state index contributed by atoms with van der Waals surface area (Å²) in [6.07, 6.45) is 6.15. The minimum atomic E-state index is 0.706. The normalized spacial score (nSPS) is 23.3. The zero-order valence-electron chi connectivity index (χ0n) is 6.93. The Hall–Kier alpha value is -0.480. The number of hydrogen-bond acceptors (Lipinski definition) is 0. The molecule has 1 unspecified atom stereocenters. The van der Waals surface area contributed by atoms with Crippen LogP contribution in [0.1, 0.15) is 13.3 Å². The number of terminal acetylenes is 1. The third kappa shape index (κ3) is 2.04. The Morgan fingerprint density at radius 2 is 2.20 bits per heavy atom. The molecule has 56 valence electrons. The number of hydrogen-bond donors (Lipinski definition) is 0. The van der Waals surface area contributed by atoms with Gasteiger partial charge in [-0.2, -0.15) is 0 Å². The Balaban J connectivity index is 2.19. The van der Waals surface area contributed by atoms with Crippen molar-refractivity contribution in [2.45, 2.75) is 13.3 Å². The van der Waals surface area contributed by atoms with Crippen LogP contribution < -0.4 is 0 Å². The quantitative estimate of drug-likeness (QED) is 0.311. The fourth-order valence-electron chi connectivity index (χ4n) is 1.37. The van der Waals surface area contributed by atoms with Crippen LogP contribution in [0.2, 0.25) is 0 Å². The van der Waals surface area contributed by atoms with E-state index in [2.05, 4.69) is 19.9 Å². The largest absolute Gasteiger partial charge is 0.316 e. The molecule has 0 N–H and O–H groups in total. The van der Waals surface area contributed by atoms with Crippen molar-refractivity contribution in [1.29, 1.82) is 0 Å². The molecule has 1 atom stereocenters. The molecule has 1 saturated heterocycles. The highest BCUT2D eigenvalue weighted by atomic mass is 15.4. The van der Waals surface area contributed by atoms with E-state index in [1.807, 2.05) is 0 Å². The van der Waals surface area contributed by atoms with Crippen molar-refractivity contribution >= 4 is 0 Å². The van der Waals surface area contributed by atoms with Crippen molar-refractivity contribution in [1.82, 2.24) is 0 Å². The van der Waals surface area contributed by atoms with Gasteiger partial charge in [0.15, 0.2) is 0 Å². The summed E-state index contributed by atoms with van der Waals surface area (Å²) < 4.78 is 1.25. The lowest BCUT2D eigenvalue weighted by atomic mass is 10.1. The van der Waals surface area contributed by atoms with Crippen LogP contribution in [-0.4, -0.2) is 31.2 Å². The molecule has 1 heterocycles. The second-order valence-electron chi connectivity index (χ2n) is 3.76. The van der Waals surface area contributed by atoms with Crippen molar-refractivity contribution in [3.63, 3.8) is 0 Å². The van der Waals surface area contributed by atoms with E-state index in [-0.39, 0.29) is 0 Å². The van der Waals surface area contributed by atoms with Gasteiger partial charge < -0.3 is 4.48 Å². The van der Waals surface area contributed by atoms with Gasteiger partial charge in [0.2, 0.25) is 0 Å². The van der Waals surface area contributed by atoms with Gasteiger partial charge in [0, 0.05) is 12.3 Å². The molecule has 10 heavy (non-hydrogen) atoms. The first kappa shape index (κ1) is 7.63. The maximum Gasteiger partial charge on any atom is 0.128 e. The Morgan fingerprint density at radius 1 is 1.60 bits per heavy atom. The molecular formula is C9H16N+. The van der Waals surface area contributed by atoms with Crippen LogP contribution in [0.3, 0.4) is 0 Å². The molecule has 1 fully saturated rings. The standard InChI is InChI=1S/C9H16N/c1-4-5-9(2)8-10(3)6-7-10/h1,9H,5-8H2,2-3H3/q+1. The van der Waals surface area contributed by atoms with Crippen LogP contribution in [0.15, 0.2) is 0 Å². The fourth-order valence-corrected chi connectivity index (χ4v) is 1.37. The van der Waals surface area contributed by atoms with Crippen molar-refractivity contribution in [2.24, 2.45) is 5.92 Å². The van der Waals surface area contributed by atoms with Crippen molar-refractivity contribution in [3.05, 3.63) is 0 Å². The lowest BCUT2D eigenvalue weighted by Gasteiger charge is -2.15. The molecule has 1 nitrogen and oxygen atoms in total. The second-order valence-corrected chi connectivity index (χ2v) is 3.76. The summed E-state index contributed by atoms with van der Waals surface area (Å²) in [6.45, 7) is 6.22. The van der Waals surface area contributed by atoms with Gasteiger partial charge in [-0.05, 0) is 0 Å². The zero-order valence-corrected chi connectivity index (χ0v) is 6.93. The summed E-state index contributed by atoms with van der Waals surface area (Å²) in [5.74, 6) is 3.41. The van der Waals surface area contributed by atoms with Crippen molar-refractivity contribution < 1.29 is 4.48 Å². The summed E-state index contributed by atoms with van der Waals surface area (Å²) in [4.78, 5) is 0. The summed E-state index contributed by atoms with van der Waals surface area (Å²) in [5, 5.41) is 0. The molecule has 0 aromatic carbocycles. The van der Waals surface area contributed by atoms with Crippen molar-refractivity contribution in [3.8, 4) is 12.3 Å². The highest BCUT2D eigenvalue weighted by Crippen LogP contribution is 2.20. The Morgan fingerprint density at radius 3 is 2.60 bits per heavy atom. The average molecular weight is 138 g/mol. The molecule has 0 aliphatic carbocycles. The molecule has 0 bridgehead atoms. The van der Waals surface area contributed by atoms with Crippen LogP contribution in [0.4, 0.5) is 0 Å². The van der Waals surface area contributed by atoms with E-state index in [0.717, 1.165) is 6.42 Å². The topological polar surface area (TPSA) is 0 Å². The number of nitrogens with zero attached hydrogens (tertiary/aromatic N) is 1. The van der Waals surface area contributed by atoms with Crippen LogP contribution in [0.25, 0.3) is 0 Å². The van der Waals surface area contributed by atoms with E-state index in [4.69, 9.17) is 6.42 Å². The van der Waals surface area contributed by atoms with Crippen LogP contribution in [-0.2, 0) is 0 Å². The van der Waals surface area contributed by atoms with E-state index in [1.165, 1.54) is 24.1 Å². The third-order valence-corrected chi connectivity index (χ3v) is 2.21. The second kappa shape index (κ2) is 2.64. The Bertz CT molecular complexity index is 151. The summed E-state index contributed by atoms with van der Waals surface area (Å²) in [7, 11) is 2.30. The molecule has 0 spiro atoms. The van der Waals surface area contributed by atoms with E-state index in [9.17, 15) is 0 Å². The average Bonchev–Trinajstić information content (AvgIpc) is 2.48. The van der Waals surface area contributed by atoms with E-state index >= 15 is 0 Å². The van der Waals surface area contributed by atoms with Gasteiger partial charge in [-0.1, -0.05) is 6.92 Å². The Labute approximate surface area is 63.6 Å². The molecule has 0 radical (unpaired) electrons. The molecule has 1 rings (SSSR count). The minimum Gasteiger partial charge on any atom is -0.316 e. The molecule has 1 aliphatic rings. The predicted molar refractivity (Wildman–Crippen MR) is 43.4 cm³/mol. The highest BCUT2D eigenvalue weighted by Gasteiger charge is 2.37. The van der Waals surface area contributed by atoms with Crippen molar-refractivity contribution in [2.75, 3.05) is 26.7 Å². The lowest BCUT2D eigenvalue weighted by molar-refractivity contribution is -0.781. The van der Waals surface area contributed by atoms with Gasteiger partial charge in [0.25, 0.3) is 0 Å². The molecule has 0 saturated carbocycles. The number of quaternary nitrogens is 1. The first-order valence-electron chi connectivity index (χ1n) is 3.93. The van der Waals surface area contributed by atoms with Gasteiger partial charge in [-0.15, -0.1) is 12.3 Å². The van der Waals surface area contributed by atoms with Gasteiger partial charge >= 0.3 is 0 Å². The van der Waals surface area contributed by atoms with E-state index in [1.54, 1.807) is 0 Å². The smallest absolute Gasteiger partial charge is 0.128 e. The lowest BCUT2D eigenvalue weighted by Crippen LogP contribution is -2.25. The highest BCUT2D eigenvalue weighted by molar-refractivity contribution is 4.85. The molecule has 0 aromatic heterocycles. The summed E-state index contributed by atoms with van der Waals surface area (Å²) >= 11 is 0. The van der Waals surface area contributed by atoms with Gasteiger partial charge in [-0.25, -0.2) is 0 Å². The minimum absolute atomic E-state index is 0.706. The van der Waals surface area contributed by atoms with Gasteiger partial charge in [-0.3, -0.25) is 0 Å². The maximum absolute atomic E-state index is 5.21. The summed E-state index contributed by atoms with van der Waals surface area (Å²) in [6, 6.07) is 0. The third-order valence-electron chi connectivity index (χ3n) is 2.21. The molecule has 1 aliphatic heterocycles. The summed E-state index contributed by atoms with van der Waals surface area (Å²) in [5.41, 5.74) is 0. The predicted octanol–water partition coefficient (Wildman–Crippen LogP) is 1.11.